The van der Waals surface area contributed by atoms with Gasteiger partial charge in [-0.1, -0.05) is 39.0 Å². The van der Waals surface area contributed by atoms with Crippen LogP contribution in [-0.4, -0.2) is 30.8 Å². The molecule has 3 rings (SSSR count). The number of carbonyl (C=O) groups is 1. The Morgan fingerprint density at radius 2 is 1.73 bits per heavy atom. The lowest BCUT2D eigenvalue weighted by Gasteiger charge is -2.20. The van der Waals surface area contributed by atoms with E-state index >= 15 is 0 Å². The molecule has 1 aliphatic heterocycles. The molecule has 5 heteroatoms. The first-order valence-corrected chi connectivity index (χ1v) is 8.81. The van der Waals surface area contributed by atoms with Crippen LogP contribution in [0.2, 0.25) is 0 Å². The molecule has 0 saturated heterocycles. The lowest BCUT2D eigenvalue weighted by Crippen LogP contribution is -2.28. The molecule has 0 aromatic heterocycles. The van der Waals surface area contributed by atoms with Crippen molar-refractivity contribution in [3.8, 4) is 11.5 Å². The zero-order valence-electron chi connectivity index (χ0n) is 15.4. The van der Waals surface area contributed by atoms with E-state index in [0.717, 1.165) is 0 Å². The van der Waals surface area contributed by atoms with E-state index in [9.17, 15) is 9.90 Å². The van der Waals surface area contributed by atoms with Crippen LogP contribution in [-0.2, 0) is 5.41 Å². The van der Waals surface area contributed by atoms with Gasteiger partial charge in [-0.05, 0) is 40.8 Å². The molecule has 0 radical (unpaired) electrons. The third-order valence-electron chi connectivity index (χ3n) is 4.42. The van der Waals surface area contributed by atoms with Crippen LogP contribution in [0, 0.1) is 0 Å². The quantitative estimate of drug-likeness (QED) is 0.884. The van der Waals surface area contributed by atoms with E-state index in [2.05, 4.69) is 26.1 Å². The van der Waals surface area contributed by atoms with E-state index < -0.39 is 6.10 Å². The molecule has 138 valence electrons. The van der Waals surface area contributed by atoms with Crippen molar-refractivity contribution in [3.05, 3.63) is 59.2 Å². The van der Waals surface area contributed by atoms with Gasteiger partial charge in [-0.15, -0.1) is 0 Å². The second-order valence-corrected chi connectivity index (χ2v) is 7.46. The van der Waals surface area contributed by atoms with Gasteiger partial charge < -0.3 is 19.9 Å². The number of carbonyl (C=O) groups excluding carboxylic acids is 1. The summed E-state index contributed by atoms with van der Waals surface area (Å²) in [7, 11) is 0. The van der Waals surface area contributed by atoms with Crippen molar-refractivity contribution in [1.29, 1.82) is 0 Å². The molecule has 1 heterocycles. The van der Waals surface area contributed by atoms with Gasteiger partial charge in [-0.25, -0.2) is 0 Å². The Labute approximate surface area is 153 Å². The van der Waals surface area contributed by atoms with Gasteiger partial charge in [0, 0.05) is 12.1 Å². The molecule has 2 aromatic rings. The first-order chi connectivity index (χ1) is 12.3. The van der Waals surface area contributed by atoms with Crippen LogP contribution >= 0.6 is 0 Å². The number of hydrogen-bond acceptors (Lipinski definition) is 4. The largest absolute Gasteiger partial charge is 0.486 e. The molecule has 0 saturated carbocycles. The smallest absolute Gasteiger partial charge is 0.251 e. The minimum absolute atomic E-state index is 0.0451. The summed E-state index contributed by atoms with van der Waals surface area (Å²) >= 11 is 0. The topological polar surface area (TPSA) is 67.8 Å². The van der Waals surface area contributed by atoms with Crippen LogP contribution in [0.3, 0.4) is 0 Å². The standard InChI is InChI=1S/C21H25NO4/c1-21(2,3)16-7-4-14(5-8-16)20(24)22-13-17(23)15-6-9-18-19(12-15)26-11-10-25-18/h4-9,12,17,23H,10-11,13H2,1-3H3,(H,22,24). The Bertz CT molecular complexity index is 778. The molecule has 1 aliphatic rings. The maximum absolute atomic E-state index is 12.3. The van der Waals surface area contributed by atoms with E-state index in [1.165, 1.54) is 5.56 Å². The third-order valence-corrected chi connectivity index (χ3v) is 4.42. The molecule has 1 amide bonds. The number of hydrogen-bond donors (Lipinski definition) is 2. The Morgan fingerprint density at radius 1 is 1.08 bits per heavy atom. The summed E-state index contributed by atoms with van der Waals surface area (Å²) in [4.78, 5) is 12.3. The van der Waals surface area contributed by atoms with Crippen LogP contribution in [0.5, 0.6) is 11.5 Å². The van der Waals surface area contributed by atoms with Gasteiger partial charge in [0.2, 0.25) is 0 Å². The molecule has 0 spiro atoms. The van der Waals surface area contributed by atoms with Gasteiger partial charge in [-0.3, -0.25) is 4.79 Å². The zero-order valence-corrected chi connectivity index (χ0v) is 15.4. The molecule has 2 N–H and O–H groups in total. The molecule has 0 aliphatic carbocycles. The highest BCUT2D eigenvalue weighted by atomic mass is 16.6. The third kappa shape index (κ3) is 4.17. The highest BCUT2D eigenvalue weighted by molar-refractivity contribution is 5.94. The summed E-state index contributed by atoms with van der Waals surface area (Å²) in [5.74, 6) is 1.09. The average molecular weight is 355 g/mol. The summed E-state index contributed by atoms with van der Waals surface area (Å²) in [6, 6.07) is 12.9. The Hall–Kier alpha value is -2.53. The number of amides is 1. The summed E-state index contributed by atoms with van der Waals surface area (Å²) in [5, 5.41) is 13.1. The van der Waals surface area contributed by atoms with Crippen LogP contribution in [0.1, 0.15) is 48.4 Å². The molecule has 0 fully saturated rings. The van der Waals surface area contributed by atoms with Crippen molar-refractivity contribution >= 4 is 5.91 Å². The first kappa shape index (κ1) is 18.3. The summed E-state index contributed by atoms with van der Waals surface area (Å²) in [6.45, 7) is 7.54. The van der Waals surface area contributed by atoms with E-state index in [-0.39, 0.29) is 17.9 Å². The minimum atomic E-state index is -0.816. The fourth-order valence-electron chi connectivity index (χ4n) is 2.80. The minimum Gasteiger partial charge on any atom is -0.486 e. The average Bonchev–Trinajstić information content (AvgIpc) is 2.64. The second kappa shape index (κ2) is 7.38. The number of ether oxygens (including phenoxy) is 2. The van der Waals surface area contributed by atoms with Crippen molar-refractivity contribution in [3.63, 3.8) is 0 Å². The summed E-state index contributed by atoms with van der Waals surface area (Å²) in [5.41, 5.74) is 2.47. The molecular formula is C21H25NO4. The van der Waals surface area contributed by atoms with Crippen molar-refractivity contribution < 1.29 is 19.4 Å². The van der Waals surface area contributed by atoms with Crippen LogP contribution < -0.4 is 14.8 Å². The number of aliphatic hydroxyl groups is 1. The van der Waals surface area contributed by atoms with Crippen LogP contribution in [0.25, 0.3) is 0 Å². The monoisotopic (exact) mass is 355 g/mol. The number of aliphatic hydroxyl groups excluding tert-OH is 1. The second-order valence-electron chi connectivity index (χ2n) is 7.46. The normalized spacial score (nSPS) is 14.6. The van der Waals surface area contributed by atoms with Crippen LogP contribution in [0.15, 0.2) is 42.5 Å². The molecule has 5 nitrogen and oxygen atoms in total. The lowest BCUT2D eigenvalue weighted by molar-refractivity contribution is 0.0915. The van der Waals surface area contributed by atoms with Gasteiger partial charge in [0.15, 0.2) is 11.5 Å². The fraction of sp³-hybridized carbons (Fsp3) is 0.381. The molecule has 1 unspecified atom stereocenters. The molecule has 1 atom stereocenters. The molecule has 26 heavy (non-hydrogen) atoms. The highest BCUT2D eigenvalue weighted by Gasteiger charge is 2.17. The van der Waals surface area contributed by atoms with Crippen molar-refractivity contribution in [2.45, 2.75) is 32.3 Å². The maximum Gasteiger partial charge on any atom is 0.251 e. The van der Waals surface area contributed by atoms with Crippen molar-refractivity contribution in [2.75, 3.05) is 19.8 Å². The molecule has 2 aromatic carbocycles. The van der Waals surface area contributed by atoms with E-state index in [1.807, 2.05) is 24.3 Å². The molecular weight excluding hydrogens is 330 g/mol. The van der Waals surface area contributed by atoms with Gasteiger partial charge in [0.05, 0.1) is 6.10 Å². The lowest BCUT2D eigenvalue weighted by atomic mass is 9.87. The predicted octanol–water partition coefficient (Wildman–Crippen LogP) is 3.22. The Balaban J connectivity index is 1.60. The number of fused-ring (bicyclic) bond motifs is 1. The number of rotatable bonds is 4. The van der Waals surface area contributed by atoms with E-state index in [1.54, 1.807) is 18.2 Å². The Morgan fingerprint density at radius 3 is 2.38 bits per heavy atom. The summed E-state index contributed by atoms with van der Waals surface area (Å²) in [6.07, 6.45) is -0.816. The predicted molar refractivity (Wildman–Crippen MR) is 99.9 cm³/mol. The first-order valence-electron chi connectivity index (χ1n) is 8.81. The van der Waals surface area contributed by atoms with Gasteiger partial charge in [-0.2, -0.15) is 0 Å². The van der Waals surface area contributed by atoms with E-state index in [4.69, 9.17) is 9.47 Å². The fourth-order valence-corrected chi connectivity index (χ4v) is 2.80. The van der Waals surface area contributed by atoms with Crippen molar-refractivity contribution in [2.24, 2.45) is 0 Å². The maximum atomic E-state index is 12.3. The number of benzene rings is 2. The SMILES string of the molecule is CC(C)(C)c1ccc(C(=O)NCC(O)c2ccc3c(c2)OCCO3)cc1. The zero-order chi connectivity index (χ0) is 18.7. The van der Waals surface area contributed by atoms with Gasteiger partial charge in [0.1, 0.15) is 13.2 Å². The highest BCUT2D eigenvalue weighted by Crippen LogP contribution is 2.32. The number of nitrogens with one attached hydrogen (secondary N) is 1. The summed E-state index contributed by atoms with van der Waals surface area (Å²) < 4.78 is 11.0. The molecule has 0 bridgehead atoms. The van der Waals surface area contributed by atoms with E-state index in [0.29, 0.717) is 35.8 Å². The van der Waals surface area contributed by atoms with Crippen LogP contribution in [0.4, 0.5) is 0 Å². The Kier molecular flexibility index (Phi) is 5.18. The van der Waals surface area contributed by atoms with Gasteiger partial charge in [0.25, 0.3) is 5.91 Å². The van der Waals surface area contributed by atoms with Gasteiger partial charge >= 0.3 is 0 Å². The van der Waals surface area contributed by atoms with Crippen molar-refractivity contribution in [1.82, 2.24) is 5.32 Å².